The zero-order valence-corrected chi connectivity index (χ0v) is 14.9. The molecule has 136 valence electrons. The van der Waals surface area contributed by atoms with Crippen LogP contribution in [0.2, 0.25) is 0 Å². The Morgan fingerprint density at radius 1 is 1.04 bits per heavy atom. The summed E-state index contributed by atoms with van der Waals surface area (Å²) in [6.07, 6.45) is 8.16. The van der Waals surface area contributed by atoms with E-state index in [9.17, 15) is 4.79 Å². The molecule has 0 aromatic rings. The first-order chi connectivity index (χ1) is 11.2. The van der Waals surface area contributed by atoms with Crippen LogP contribution in [0.1, 0.15) is 65.2 Å². The van der Waals surface area contributed by atoms with Gasteiger partial charge in [-0.15, -0.1) is 0 Å². The lowest BCUT2D eigenvalue weighted by molar-refractivity contribution is -0.150. The first-order valence-corrected chi connectivity index (χ1v) is 9.19. The van der Waals surface area contributed by atoms with E-state index in [4.69, 9.17) is 18.9 Å². The molecule has 0 spiro atoms. The third kappa shape index (κ3) is 11.5. The minimum atomic E-state index is -0.0846. The standard InChI is InChI=1S/C18H34O5/c1-3-11-22-16(2)15-21-14-13-20-12-7-10-18(19)23-17-8-5-4-6-9-17/h16-17H,3-15H2,1-2H3. The maximum atomic E-state index is 11.7. The molecule has 5 heteroatoms. The van der Waals surface area contributed by atoms with Gasteiger partial charge in [-0.2, -0.15) is 0 Å². The van der Waals surface area contributed by atoms with Gasteiger partial charge in [-0.3, -0.25) is 4.79 Å². The van der Waals surface area contributed by atoms with Gasteiger partial charge >= 0.3 is 5.97 Å². The molecule has 0 radical (unpaired) electrons. The van der Waals surface area contributed by atoms with Gasteiger partial charge in [0.2, 0.25) is 0 Å². The minimum Gasteiger partial charge on any atom is -0.462 e. The summed E-state index contributed by atoms with van der Waals surface area (Å²) in [6, 6.07) is 0. The molecule has 0 heterocycles. The van der Waals surface area contributed by atoms with Crippen molar-refractivity contribution in [3.8, 4) is 0 Å². The van der Waals surface area contributed by atoms with E-state index in [-0.39, 0.29) is 18.2 Å². The Labute approximate surface area is 141 Å². The Morgan fingerprint density at radius 2 is 1.78 bits per heavy atom. The molecule has 1 atom stereocenters. The first-order valence-electron chi connectivity index (χ1n) is 9.19. The Balaban J connectivity index is 1.84. The van der Waals surface area contributed by atoms with Crippen molar-refractivity contribution < 1.29 is 23.7 Å². The van der Waals surface area contributed by atoms with Crippen molar-refractivity contribution in [2.75, 3.05) is 33.0 Å². The van der Waals surface area contributed by atoms with Crippen LogP contribution in [0.15, 0.2) is 0 Å². The van der Waals surface area contributed by atoms with Crippen molar-refractivity contribution in [3.05, 3.63) is 0 Å². The average molecular weight is 330 g/mol. The number of esters is 1. The highest BCUT2D eigenvalue weighted by atomic mass is 16.6. The van der Waals surface area contributed by atoms with Gasteiger partial charge in [-0.05, 0) is 45.4 Å². The van der Waals surface area contributed by atoms with E-state index in [0.717, 1.165) is 25.9 Å². The highest BCUT2D eigenvalue weighted by Gasteiger charge is 2.17. The second-order valence-electron chi connectivity index (χ2n) is 6.22. The highest BCUT2D eigenvalue weighted by molar-refractivity contribution is 5.69. The molecule has 1 aliphatic carbocycles. The van der Waals surface area contributed by atoms with Crippen molar-refractivity contribution in [1.82, 2.24) is 0 Å². The van der Waals surface area contributed by atoms with Gasteiger partial charge in [0.25, 0.3) is 0 Å². The summed E-state index contributed by atoms with van der Waals surface area (Å²) in [7, 11) is 0. The normalized spacial score (nSPS) is 17.1. The zero-order chi connectivity index (χ0) is 16.8. The smallest absolute Gasteiger partial charge is 0.306 e. The molecule has 0 bridgehead atoms. The van der Waals surface area contributed by atoms with Crippen molar-refractivity contribution in [2.24, 2.45) is 0 Å². The monoisotopic (exact) mass is 330 g/mol. The lowest BCUT2D eigenvalue weighted by Gasteiger charge is -2.21. The van der Waals surface area contributed by atoms with E-state index in [1.54, 1.807) is 0 Å². The minimum absolute atomic E-state index is 0.0846. The maximum absolute atomic E-state index is 11.7. The molecule has 0 aliphatic heterocycles. The molecule has 23 heavy (non-hydrogen) atoms. The molecule has 1 unspecified atom stereocenters. The molecular formula is C18H34O5. The zero-order valence-electron chi connectivity index (χ0n) is 14.9. The Bertz CT molecular complexity index is 289. The number of carbonyl (C=O) groups excluding carboxylic acids is 1. The van der Waals surface area contributed by atoms with E-state index < -0.39 is 0 Å². The van der Waals surface area contributed by atoms with E-state index in [1.165, 1.54) is 19.3 Å². The van der Waals surface area contributed by atoms with Crippen LogP contribution in [0.3, 0.4) is 0 Å². The number of hydrogen-bond acceptors (Lipinski definition) is 5. The van der Waals surface area contributed by atoms with Gasteiger partial charge in [0.05, 0.1) is 25.9 Å². The third-order valence-corrected chi connectivity index (χ3v) is 3.85. The van der Waals surface area contributed by atoms with Crippen LogP contribution in [0.25, 0.3) is 0 Å². The van der Waals surface area contributed by atoms with Crippen LogP contribution in [-0.4, -0.2) is 51.2 Å². The van der Waals surface area contributed by atoms with E-state index >= 15 is 0 Å². The average Bonchev–Trinajstić information content (AvgIpc) is 2.56. The van der Waals surface area contributed by atoms with Gasteiger partial charge < -0.3 is 18.9 Å². The predicted octanol–water partition coefficient (Wildman–Crippen LogP) is 3.49. The Kier molecular flexibility index (Phi) is 12.2. The van der Waals surface area contributed by atoms with E-state index in [2.05, 4.69) is 6.92 Å². The number of ether oxygens (including phenoxy) is 4. The van der Waals surface area contributed by atoms with E-state index in [1.807, 2.05) is 6.92 Å². The van der Waals surface area contributed by atoms with Crippen LogP contribution >= 0.6 is 0 Å². The molecule has 0 saturated heterocycles. The van der Waals surface area contributed by atoms with Gasteiger partial charge in [0.15, 0.2) is 0 Å². The van der Waals surface area contributed by atoms with Gasteiger partial charge in [0.1, 0.15) is 6.10 Å². The van der Waals surface area contributed by atoms with Gasteiger partial charge in [-0.25, -0.2) is 0 Å². The molecular weight excluding hydrogens is 296 g/mol. The SMILES string of the molecule is CCCOC(C)COCCOCCCC(=O)OC1CCCCC1. The first kappa shape index (κ1) is 20.4. The summed E-state index contributed by atoms with van der Waals surface area (Å²) in [4.78, 5) is 11.7. The molecule has 0 aromatic carbocycles. The molecule has 5 nitrogen and oxygen atoms in total. The van der Waals surface area contributed by atoms with Gasteiger partial charge in [0, 0.05) is 19.6 Å². The number of rotatable bonds is 13. The summed E-state index contributed by atoms with van der Waals surface area (Å²) >= 11 is 0. The largest absolute Gasteiger partial charge is 0.462 e. The van der Waals surface area contributed by atoms with Crippen molar-refractivity contribution in [3.63, 3.8) is 0 Å². The van der Waals surface area contributed by atoms with E-state index in [0.29, 0.717) is 39.3 Å². The molecule has 0 N–H and O–H groups in total. The number of hydrogen-bond donors (Lipinski definition) is 0. The fourth-order valence-corrected chi connectivity index (χ4v) is 2.58. The molecule has 1 rings (SSSR count). The second-order valence-corrected chi connectivity index (χ2v) is 6.22. The fourth-order valence-electron chi connectivity index (χ4n) is 2.58. The van der Waals surface area contributed by atoms with Crippen LogP contribution in [0.5, 0.6) is 0 Å². The van der Waals surface area contributed by atoms with Crippen LogP contribution in [-0.2, 0) is 23.7 Å². The summed E-state index contributed by atoms with van der Waals surface area (Å²) in [6.45, 7) is 7.16. The summed E-state index contributed by atoms with van der Waals surface area (Å²) in [5, 5.41) is 0. The lowest BCUT2D eigenvalue weighted by Crippen LogP contribution is -2.21. The lowest BCUT2D eigenvalue weighted by atomic mass is 9.98. The highest BCUT2D eigenvalue weighted by Crippen LogP contribution is 2.20. The second kappa shape index (κ2) is 13.8. The molecule has 1 aliphatic rings. The number of carbonyl (C=O) groups is 1. The molecule has 1 saturated carbocycles. The fraction of sp³-hybridized carbons (Fsp3) is 0.944. The van der Waals surface area contributed by atoms with Crippen molar-refractivity contribution >= 4 is 5.97 Å². The van der Waals surface area contributed by atoms with Crippen LogP contribution in [0, 0.1) is 0 Å². The van der Waals surface area contributed by atoms with Crippen LogP contribution in [0.4, 0.5) is 0 Å². The predicted molar refractivity (Wildman–Crippen MR) is 89.5 cm³/mol. The van der Waals surface area contributed by atoms with Crippen molar-refractivity contribution in [1.29, 1.82) is 0 Å². The molecule has 0 aromatic heterocycles. The third-order valence-electron chi connectivity index (χ3n) is 3.85. The van der Waals surface area contributed by atoms with Crippen molar-refractivity contribution in [2.45, 2.75) is 77.4 Å². The topological polar surface area (TPSA) is 54.0 Å². The summed E-state index contributed by atoms with van der Waals surface area (Å²) in [5.74, 6) is -0.0846. The summed E-state index contributed by atoms with van der Waals surface area (Å²) in [5.41, 5.74) is 0. The Hall–Kier alpha value is -0.650. The van der Waals surface area contributed by atoms with Crippen LogP contribution < -0.4 is 0 Å². The summed E-state index contributed by atoms with van der Waals surface area (Å²) < 4.78 is 21.9. The van der Waals surface area contributed by atoms with Gasteiger partial charge in [-0.1, -0.05) is 13.3 Å². The quantitative estimate of drug-likeness (QED) is 0.382. The Morgan fingerprint density at radius 3 is 2.52 bits per heavy atom. The maximum Gasteiger partial charge on any atom is 0.306 e. The molecule has 0 amide bonds. The molecule has 1 fully saturated rings.